The molecule has 0 aliphatic carbocycles. The minimum Gasteiger partial charge on any atom is -0.491 e. The lowest BCUT2D eigenvalue weighted by atomic mass is 10.0. The highest BCUT2D eigenvalue weighted by Crippen LogP contribution is 2.27. The Morgan fingerprint density at radius 2 is 1.97 bits per heavy atom. The van der Waals surface area contributed by atoms with E-state index in [9.17, 15) is 14.0 Å². The molecule has 8 heteroatoms. The van der Waals surface area contributed by atoms with Crippen molar-refractivity contribution in [2.24, 2.45) is 5.92 Å². The van der Waals surface area contributed by atoms with Crippen molar-refractivity contribution in [3.8, 4) is 5.75 Å². The molecule has 36 heavy (non-hydrogen) atoms. The summed E-state index contributed by atoms with van der Waals surface area (Å²) in [5.74, 6) is 0.00247. The molecule has 0 radical (unpaired) electrons. The smallest absolute Gasteiger partial charge is 0.257 e. The minimum atomic E-state index is -0.260. The van der Waals surface area contributed by atoms with Crippen LogP contribution in [0.4, 0.5) is 10.1 Å². The number of hydrogen-bond donors (Lipinski definition) is 1. The Morgan fingerprint density at radius 3 is 2.67 bits per heavy atom. The SMILES string of the molecule is CCCC(=O)Nc1ccc2c(c1)C(=O)N(C)C[C@H](OC)[C@@H](C)CN(Cc1cccc(F)c1)[C@H](C)CO2. The lowest BCUT2D eigenvalue weighted by Gasteiger charge is -2.36. The molecule has 1 N–H and O–H groups in total. The van der Waals surface area contributed by atoms with E-state index in [0.29, 0.717) is 49.7 Å². The highest BCUT2D eigenvalue weighted by Gasteiger charge is 2.28. The number of nitrogens with zero attached hydrogens (tertiary/aromatic N) is 2. The van der Waals surface area contributed by atoms with Gasteiger partial charge in [0.05, 0.1) is 11.7 Å². The maximum atomic E-state index is 13.8. The Hall–Kier alpha value is -2.97. The Kier molecular flexibility index (Phi) is 9.84. The van der Waals surface area contributed by atoms with Crippen molar-refractivity contribution in [1.82, 2.24) is 9.80 Å². The average Bonchev–Trinajstić information content (AvgIpc) is 2.84. The Balaban J connectivity index is 1.92. The van der Waals surface area contributed by atoms with Crippen LogP contribution in [-0.4, -0.2) is 67.6 Å². The molecule has 3 atom stereocenters. The zero-order valence-electron chi connectivity index (χ0n) is 21.9. The zero-order chi connectivity index (χ0) is 26.2. The summed E-state index contributed by atoms with van der Waals surface area (Å²) >= 11 is 0. The number of likely N-dealkylation sites (N-methyl/N-ethyl adjacent to an activating group) is 1. The number of rotatable bonds is 6. The van der Waals surface area contributed by atoms with Crippen LogP contribution < -0.4 is 10.1 Å². The summed E-state index contributed by atoms with van der Waals surface area (Å²) in [7, 11) is 3.40. The van der Waals surface area contributed by atoms with Crippen LogP contribution in [0.5, 0.6) is 5.75 Å². The number of methoxy groups -OCH3 is 1. The third kappa shape index (κ3) is 7.27. The van der Waals surface area contributed by atoms with Crippen LogP contribution >= 0.6 is 0 Å². The molecule has 2 amide bonds. The number of fused-ring (bicyclic) bond motifs is 1. The first kappa shape index (κ1) is 27.6. The van der Waals surface area contributed by atoms with Gasteiger partial charge in [0.25, 0.3) is 5.91 Å². The fraction of sp³-hybridized carbons (Fsp3) is 0.500. The quantitative estimate of drug-likeness (QED) is 0.631. The van der Waals surface area contributed by atoms with Gasteiger partial charge in [0.2, 0.25) is 5.91 Å². The van der Waals surface area contributed by atoms with Crippen LogP contribution in [0.2, 0.25) is 0 Å². The van der Waals surface area contributed by atoms with Crippen LogP contribution in [0.1, 0.15) is 49.5 Å². The van der Waals surface area contributed by atoms with Gasteiger partial charge in [-0.2, -0.15) is 0 Å². The van der Waals surface area contributed by atoms with Gasteiger partial charge < -0.3 is 19.7 Å². The molecule has 0 spiro atoms. The average molecular weight is 500 g/mol. The molecule has 1 aliphatic heterocycles. The van der Waals surface area contributed by atoms with Crippen molar-refractivity contribution in [3.05, 3.63) is 59.4 Å². The summed E-state index contributed by atoms with van der Waals surface area (Å²) < 4.78 is 25.8. The van der Waals surface area contributed by atoms with E-state index >= 15 is 0 Å². The van der Waals surface area contributed by atoms with Crippen LogP contribution in [0.25, 0.3) is 0 Å². The van der Waals surface area contributed by atoms with Crippen molar-refractivity contribution in [2.75, 3.05) is 39.2 Å². The van der Waals surface area contributed by atoms with E-state index in [-0.39, 0.29) is 35.7 Å². The molecular formula is C28H38FN3O4. The lowest BCUT2D eigenvalue weighted by molar-refractivity contribution is -0.116. The summed E-state index contributed by atoms with van der Waals surface area (Å²) in [6.07, 6.45) is 0.952. The Labute approximate surface area is 213 Å². The fourth-order valence-electron chi connectivity index (χ4n) is 4.47. The summed E-state index contributed by atoms with van der Waals surface area (Å²) in [5.41, 5.74) is 1.83. The number of carbonyl (C=O) groups is 2. The highest BCUT2D eigenvalue weighted by molar-refractivity contribution is 5.99. The lowest BCUT2D eigenvalue weighted by Crippen LogP contribution is -2.46. The van der Waals surface area contributed by atoms with E-state index in [1.807, 2.05) is 13.0 Å². The number of halogens is 1. The van der Waals surface area contributed by atoms with E-state index in [2.05, 4.69) is 24.1 Å². The van der Waals surface area contributed by atoms with Gasteiger partial charge in [-0.25, -0.2) is 4.39 Å². The Bertz CT molecular complexity index is 1050. The third-order valence-corrected chi connectivity index (χ3v) is 6.61. The van der Waals surface area contributed by atoms with E-state index in [0.717, 1.165) is 12.0 Å². The standard InChI is InChI=1S/C28H38FN3O4/c1-6-8-27(33)30-23-11-12-25-24(14-23)28(34)31(4)17-26(35-5)19(2)15-32(20(3)18-36-25)16-21-9-7-10-22(29)13-21/h7,9-14,19-20,26H,6,8,15-18H2,1-5H3,(H,30,33)/t19-,20+,26-/m0/s1. The molecule has 0 saturated carbocycles. The first-order valence-electron chi connectivity index (χ1n) is 12.5. The van der Waals surface area contributed by atoms with Crippen molar-refractivity contribution < 1.29 is 23.5 Å². The maximum Gasteiger partial charge on any atom is 0.257 e. The van der Waals surface area contributed by atoms with Gasteiger partial charge in [-0.15, -0.1) is 0 Å². The molecule has 3 rings (SSSR count). The van der Waals surface area contributed by atoms with Gasteiger partial charge in [0, 0.05) is 51.9 Å². The van der Waals surface area contributed by atoms with Gasteiger partial charge in [0.1, 0.15) is 18.2 Å². The number of ether oxygens (including phenoxy) is 2. The van der Waals surface area contributed by atoms with Crippen LogP contribution in [0.3, 0.4) is 0 Å². The van der Waals surface area contributed by atoms with Crippen LogP contribution in [-0.2, 0) is 16.1 Å². The van der Waals surface area contributed by atoms with E-state index in [1.165, 1.54) is 6.07 Å². The summed E-state index contributed by atoms with van der Waals surface area (Å²) in [5, 5.41) is 2.86. The van der Waals surface area contributed by atoms with Gasteiger partial charge >= 0.3 is 0 Å². The van der Waals surface area contributed by atoms with Gasteiger partial charge in [0.15, 0.2) is 0 Å². The van der Waals surface area contributed by atoms with Crippen LogP contribution in [0, 0.1) is 11.7 Å². The first-order valence-corrected chi connectivity index (χ1v) is 12.5. The molecule has 0 saturated heterocycles. The normalized spacial score (nSPS) is 21.7. The van der Waals surface area contributed by atoms with E-state index < -0.39 is 0 Å². The highest BCUT2D eigenvalue weighted by atomic mass is 19.1. The van der Waals surface area contributed by atoms with Crippen molar-refractivity contribution in [1.29, 1.82) is 0 Å². The molecule has 2 aromatic carbocycles. The van der Waals surface area contributed by atoms with Gasteiger partial charge in [-0.1, -0.05) is 26.0 Å². The Morgan fingerprint density at radius 1 is 1.19 bits per heavy atom. The third-order valence-electron chi connectivity index (χ3n) is 6.61. The molecular weight excluding hydrogens is 461 g/mol. The first-order chi connectivity index (χ1) is 17.2. The summed E-state index contributed by atoms with van der Waals surface area (Å²) in [4.78, 5) is 29.4. The second kappa shape index (κ2) is 12.8. The van der Waals surface area contributed by atoms with Crippen LogP contribution in [0.15, 0.2) is 42.5 Å². The number of amides is 2. The number of hydrogen-bond acceptors (Lipinski definition) is 5. The predicted molar refractivity (Wildman–Crippen MR) is 139 cm³/mol. The van der Waals surface area contributed by atoms with E-state index in [1.54, 1.807) is 49.4 Å². The topological polar surface area (TPSA) is 71.1 Å². The molecule has 2 aromatic rings. The number of carbonyl (C=O) groups excluding carboxylic acids is 2. The van der Waals surface area contributed by atoms with Gasteiger partial charge in [-0.3, -0.25) is 14.5 Å². The molecule has 1 heterocycles. The monoisotopic (exact) mass is 499 g/mol. The minimum absolute atomic E-state index is 0.0164. The molecule has 0 aromatic heterocycles. The molecule has 0 fully saturated rings. The number of nitrogens with one attached hydrogen (secondary N) is 1. The second-order valence-corrected chi connectivity index (χ2v) is 9.67. The van der Waals surface area contributed by atoms with E-state index in [4.69, 9.17) is 9.47 Å². The van der Waals surface area contributed by atoms with Crippen molar-refractivity contribution >= 4 is 17.5 Å². The van der Waals surface area contributed by atoms with Crippen molar-refractivity contribution in [2.45, 2.75) is 52.3 Å². The molecule has 7 nitrogen and oxygen atoms in total. The summed E-state index contributed by atoms with van der Waals surface area (Å²) in [6.45, 7) is 8.09. The molecule has 0 unspecified atom stereocenters. The zero-order valence-corrected chi connectivity index (χ0v) is 21.9. The molecule has 0 bridgehead atoms. The fourth-order valence-corrected chi connectivity index (χ4v) is 4.47. The number of benzene rings is 2. The predicted octanol–water partition coefficient (Wildman–Crippen LogP) is 4.57. The maximum absolute atomic E-state index is 13.8. The number of anilines is 1. The van der Waals surface area contributed by atoms with Crippen molar-refractivity contribution in [3.63, 3.8) is 0 Å². The molecule has 1 aliphatic rings. The van der Waals surface area contributed by atoms with Gasteiger partial charge in [-0.05, 0) is 55.2 Å². The summed E-state index contributed by atoms with van der Waals surface area (Å²) in [6, 6.07) is 11.8. The second-order valence-electron chi connectivity index (χ2n) is 9.67. The largest absolute Gasteiger partial charge is 0.491 e. The molecule has 196 valence electrons.